The lowest BCUT2D eigenvalue weighted by molar-refractivity contribution is 0.0464. The van der Waals surface area contributed by atoms with E-state index in [-0.39, 0.29) is 12.6 Å². The van der Waals surface area contributed by atoms with Crippen molar-refractivity contribution in [2.75, 3.05) is 0 Å². The number of carbonyl (C=O) groups excluding carboxylic acids is 1. The van der Waals surface area contributed by atoms with Gasteiger partial charge in [-0.15, -0.1) is 0 Å². The number of aryl methyl sites for hydroxylation is 2. The smallest absolute Gasteiger partial charge is 0.338 e. The Labute approximate surface area is 134 Å². The van der Waals surface area contributed by atoms with Crippen molar-refractivity contribution in [1.29, 1.82) is 0 Å². The van der Waals surface area contributed by atoms with Gasteiger partial charge in [0.05, 0.1) is 5.56 Å². The monoisotopic (exact) mass is 307 g/mol. The minimum Gasteiger partial charge on any atom is -0.455 e. The van der Waals surface area contributed by atoms with Crippen molar-refractivity contribution in [2.24, 2.45) is 0 Å². The van der Waals surface area contributed by atoms with Crippen LogP contribution in [0.3, 0.4) is 0 Å². The van der Waals surface area contributed by atoms with Crippen LogP contribution in [0.1, 0.15) is 27.2 Å². The molecule has 0 amide bonds. The molecule has 1 aromatic heterocycles. The van der Waals surface area contributed by atoms with Crippen molar-refractivity contribution in [3.8, 4) is 11.3 Å². The zero-order valence-electron chi connectivity index (χ0n) is 13.1. The summed E-state index contributed by atoms with van der Waals surface area (Å²) in [6.07, 6.45) is 0. The van der Waals surface area contributed by atoms with E-state index in [1.165, 1.54) is 0 Å². The van der Waals surface area contributed by atoms with Gasteiger partial charge in [0.1, 0.15) is 12.3 Å². The van der Waals surface area contributed by atoms with Gasteiger partial charge in [-0.05, 0) is 26.0 Å². The Morgan fingerprint density at radius 3 is 2.43 bits per heavy atom. The zero-order valence-corrected chi connectivity index (χ0v) is 13.1. The van der Waals surface area contributed by atoms with Gasteiger partial charge in [0, 0.05) is 11.6 Å². The number of rotatable bonds is 4. The van der Waals surface area contributed by atoms with Crippen molar-refractivity contribution in [3.05, 3.63) is 77.0 Å². The quantitative estimate of drug-likeness (QED) is 0.674. The molecule has 4 heteroatoms. The summed E-state index contributed by atoms with van der Waals surface area (Å²) in [4.78, 5) is 12.1. The lowest BCUT2D eigenvalue weighted by atomic mass is 10.1. The average molecular weight is 307 g/mol. The van der Waals surface area contributed by atoms with Gasteiger partial charge < -0.3 is 9.26 Å². The maximum absolute atomic E-state index is 12.1. The number of esters is 1. The van der Waals surface area contributed by atoms with E-state index < -0.39 is 0 Å². The van der Waals surface area contributed by atoms with E-state index in [1.807, 2.05) is 62.4 Å². The molecule has 4 nitrogen and oxygen atoms in total. The first-order valence-corrected chi connectivity index (χ1v) is 7.38. The molecular weight excluding hydrogens is 290 g/mol. The van der Waals surface area contributed by atoms with Crippen LogP contribution in [0.25, 0.3) is 11.3 Å². The summed E-state index contributed by atoms with van der Waals surface area (Å²) >= 11 is 0. The fourth-order valence-corrected chi connectivity index (χ4v) is 2.43. The minimum atomic E-state index is -0.360. The molecule has 0 aliphatic carbocycles. The molecule has 0 unspecified atom stereocenters. The molecule has 0 aliphatic rings. The molecule has 0 N–H and O–H groups in total. The Bertz CT molecular complexity index is 801. The second-order valence-corrected chi connectivity index (χ2v) is 5.50. The van der Waals surface area contributed by atoms with Crippen LogP contribution in [0.15, 0.2) is 59.1 Å². The number of ether oxygens (including phenoxy) is 1. The van der Waals surface area contributed by atoms with Crippen molar-refractivity contribution >= 4 is 5.97 Å². The molecule has 0 radical (unpaired) electrons. The third kappa shape index (κ3) is 3.66. The highest BCUT2D eigenvalue weighted by atomic mass is 16.5. The number of aromatic nitrogens is 1. The standard InChI is InChI=1S/C19H17NO3/c1-13-8-14(2)10-16(9-13)19(21)22-12-17-11-18(23-20-17)15-6-4-3-5-7-15/h3-11H,12H2,1-2H3. The molecule has 23 heavy (non-hydrogen) atoms. The number of benzene rings is 2. The molecule has 0 spiro atoms. The summed E-state index contributed by atoms with van der Waals surface area (Å²) in [5, 5.41) is 3.94. The van der Waals surface area contributed by atoms with Gasteiger partial charge in [-0.1, -0.05) is 52.7 Å². The molecule has 0 atom stereocenters. The molecule has 116 valence electrons. The van der Waals surface area contributed by atoms with Gasteiger partial charge in [0.25, 0.3) is 0 Å². The molecule has 0 aliphatic heterocycles. The summed E-state index contributed by atoms with van der Waals surface area (Å²) in [6, 6.07) is 17.1. The lowest BCUT2D eigenvalue weighted by Gasteiger charge is -2.05. The molecule has 3 rings (SSSR count). The van der Waals surface area contributed by atoms with E-state index in [9.17, 15) is 4.79 Å². The summed E-state index contributed by atoms with van der Waals surface area (Å²) in [6.45, 7) is 3.99. The van der Waals surface area contributed by atoms with Gasteiger partial charge in [0.2, 0.25) is 0 Å². The lowest BCUT2D eigenvalue weighted by Crippen LogP contribution is -2.06. The largest absolute Gasteiger partial charge is 0.455 e. The highest BCUT2D eigenvalue weighted by molar-refractivity contribution is 5.89. The predicted octanol–water partition coefficient (Wildman–Crippen LogP) is 4.32. The molecule has 2 aromatic carbocycles. The van der Waals surface area contributed by atoms with E-state index in [4.69, 9.17) is 9.26 Å². The molecule has 1 heterocycles. The number of hydrogen-bond acceptors (Lipinski definition) is 4. The van der Waals surface area contributed by atoms with Crippen LogP contribution in [0.5, 0.6) is 0 Å². The Morgan fingerprint density at radius 2 is 1.74 bits per heavy atom. The molecule has 0 bridgehead atoms. The number of carbonyl (C=O) groups is 1. The second-order valence-electron chi connectivity index (χ2n) is 5.50. The van der Waals surface area contributed by atoms with Crippen LogP contribution in [0.4, 0.5) is 0 Å². The first kappa shape index (κ1) is 15.0. The van der Waals surface area contributed by atoms with E-state index in [0.29, 0.717) is 17.0 Å². The van der Waals surface area contributed by atoms with Gasteiger partial charge in [0.15, 0.2) is 5.76 Å². The van der Waals surface area contributed by atoms with Crippen LogP contribution >= 0.6 is 0 Å². The topological polar surface area (TPSA) is 52.3 Å². The van der Waals surface area contributed by atoms with Crippen molar-refractivity contribution in [3.63, 3.8) is 0 Å². The number of hydrogen-bond donors (Lipinski definition) is 0. The first-order valence-electron chi connectivity index (χ1n) is 7.38. The third-order valence-electron chi connectivity index (χ3n) is 3.43. The van der Waals surface area contributed by atoms with Crippen molar-refractivity contribution in [1.82, 2.24) is 5.16 Å². The third-order valence-corrected chi connectivity index (χ3v) is 3.43. The van der Waals surface area contributed by atoms with Gasteiger partial charge >= 0.3 is 5.97 Å². The molecular formula is C19H17NO3. The molecule has 0 saturated carbocycles. The normalized spacial score (nSPS) is 10.5. The fourth-order valence-electron chi connectivity index (χ4n) is 2.43. The van der Waals surface area contributed by atoms with E-state index >= 15 is 0 Å². The van der Waals surface area contributed by atoms with Crippen LogP contribution in [0.2, 0.25) is 0 Å². The highest BCUT2D eigenvalue weighted by Gasteiger charge is 2.11. The van der Waals surface area contributed by atoms with Crippen LogP contribution < -0.4 is 0 Å². The first-order chi connectivity index (χ1) is 11.1. The predicted molar refractivity (Wildman–Crippen MR) is 87.0 cm³/mol. The van der Waals surface area contributed by atoms with Gasteiger partial charge in [-0.25, -0.2) is 4.79 Å². The summed E-state index contributed by atoms with van der Waals surface area (Å²) in [7, 11) is 0. The zero-order chi connectivity index (χ0) is 16.2. The van der Waals surface area contributed by atoms with Crippen LogP contribution in [0, 0.1) is 13.8 Å². The SMILES string of the molecule is Cc1cc(C)cc(C(=O)OCc2cc(-c3ccccc3)on2)c1. The fraction of sp³-hybridized carbons (Fsp3) is 0.158. The second kappa shape index (κ2) is 6.48. The maximum Gasteiger partial charge on any atom is 0.338 e. The summed E-state index contributed by atoms with van der Waals surface area (Å²) < 4.78 is 10.6. The highest BCUT2D eigenvalue weighted by Crippen LogP contribution is 2.20. The average Bonchev–Trinajstić information content (AvgIpc) is 3.01. The molecule has 0 saturated heterocycles. The summed E-state index contributed by atoms with van der Waals surface area (Å²) in [5.74, 6) is 0.295. The molecule has 3 aromatic rings. The van der Waals surface area contributed by atoms with Crippen molar-refractivity contribution < 1.29 is 14.1 Å². The van der Waals surface area contributed by atoms with Crippen molar-refractivity contribution in [2.45, 2.75) is 20.5 Å². The maximum atomic E-state index is 12.1. The Balaban J connectivity index is 1.67. The Hall–Kier alpha value is -2.88. The minimum absolute atomic E-state index is 0.0855. The van der Waals surface area contributed by atoms with E-state index in [0.717, 1.165) is 16.7 Å². The molecule has 0 fully saturated rings. The summed E-state index contributed by atoms with van der Waals surface area (Å²) in [5.41, 5.74) is 4.14. The van der Waals surface area contributed by atoms with Gasteiger partial charge in [-0.3, -0.25) is 0 Å². The van der Waals surface area contributed by atoms with E-state index in [2.05, 4.69) is 5.16 Å². The van der Waals surface area contributed by atoms with Gasteiger partial charge in [-0.2, -0.15) is 0 Å². The Kier molecular flexibility index (Phi) is 4.24. The van der Waals surface area contributed by atoms with E-state index in [1.54, 1.807) is 6.07 Å². The Morgan fingerprint density at radius 1 is 1.04 bits per heavy atom. The van der Waals surface area contributed by atoms with Crippen LogP contribution in [-0.2, 0) is 11.3 Å². The number of nitrogens with zero attached hydrogens (tertiary/aromatic N) is 1. The van der Waals surface area contributed by atoms with Crippen LogP contribution in [-0.4, -0.2) is 11.1 Å².